The first-order chi connectivity index (χ1) is 9.84. The maximum Gasteiger partial charge on any atom is 0.0628 e. The Balaban J connectivity index is 1.67. The molecule has 3 nitrogen and oxygen atoms in total. The minimum Gasteiger partial charge on any atom is -0.296 e. The summed E-state index contributed by atoms with van der Waals surface area (Å²) >= 11 is 0. The largest absolute Gasteiger partial charge is 0.296 e. The van der Waals surface area contributed by atoms with Gasteiger partial charge in [-0.3, -0.25) is 14.9 Å². The summed E-state index contributed by atoms with van der Waals surface area (Å²) in [7, 11) is 0. The Labute approximate surface area is 120 Å². The molecule has 1 aliphatic rings. The SMILES string of the molecule is Cc1nccnc1CCN1CCCC1c1ccccc1. The highest BCUT2D eigenvalue weighted by atomic mass is 15.2. The molecule has 0 bridgehead atoms. The van der Waals surface area contributed by atoms with Gasteiger partial charge in [-0.2, -0.15) is 0 Å². The van der Waals surface area contributed by atoms with Crippen molar-refractivity contribution >= 4 is 0 Å². The number of nitrogens with zero attached hydrogens (tertiary/aromatic N) is 3. The van der Waals surface area contributed by atoms with E-state index in [2.05, 4.69) is 45.2 Å². The number of likely N-dealkylation sites (tertiary alicyclic amines) is 1. The van der Waals surface area contributed by atoms with Crippen LogP contribution >= 0.6 is 0 Å². The standard InChI is InChI=1S/C17H21N3/c1-14-16(19-11-10-18-14)9-13-20-12-5-8-17(20)15-6-3-2-4-7-15/h2-4,6-7,10-11,17H,5,8-9,12-13H2,1H3. The second-order valence-electron chi connectivity index (χ2n) is 5.44. The van der Waals surface area contributed by atoms with E-state index in [1.54, 1.807) is 12.4 Å². The van der Waals surface area contributed by atoms with Crippen molar-refractivity contribution in [1.82, 2.24) is 14.9 Å². The molecule has 1 aromatic heterocycles. The molecular formula is C17H21N3. The van der Waals surface area contributed by atoms with Crippen molar-refractivity contribution < 1.29 is 0 Å². The Morgan fingerprint density at radius 1 is 1.15 bits per heavy atom. The molecule has 0 amide bonds. The fourth-order valence-electron chi connectivity index (χ4n) is 3.08. The fourth-order valence-corrected chi connectivity index (χ4v) is 3.08. The summed E-state index contributed by atoms with van der Waals surface area (Å²) in [6, 6.07) is 11.4. The van der Waals surface area contributed by atoms with Gasteiger partial charge in [-0.1, -0.05) is 30.3 Å². The van der Waals surface area contributed by atoms with Crippen LogP contribution in [0.1, 0.15) is 35.8 Å². The zero-order valence-corrected chi connectivity index (χ0v) is 12.0. The lowest BCUT2D eigenvalue weighted by atomic mass is 10.0. The summed E-state index contributed by atoms with van der Waals surface area (Å²) < 4.78 is 0. The number of hydrogen-bond donors (Lipinski definition) is 0. The van der Waals surface area contributed by atoms with Gasteiger partial charge in [0, 0.05) is 31.4 Å². The lowest BCUT2D eigenvalue weighted by Crippen LogP contribution is -2.26. The first kappa shape index (κ1) is 13.3. The molecule has 1 aromatic carbocycles. The van der Waals surface area contributed by atoms with Gasteiger partial charge in [-0.15, -0.1) is 0 Å². The molecule has 1 atom stereocenters. The lowest BCUT2D eigenvalue weighted by Gasteiger charge is -2.24. The van der Waals surface area contributed by atoms with Crippen molar-refractivity contribution in [3.05, 3.63) is 59.7 Å². The summed E-state index contributed by atoms with van der Waals surface area (Å²) in [6.07, 6.45) is 7.11. The Morgan fingerprint density at radius 2 is 1.95 bits per heavy atom. The number of aryl methyl sites for hydroxylation is 1. The maximum absolute atomic E-state index is 4.45. The van der Waals surface area contributed by atoms with E-state index >= 15 is 0 Å². The third kappa shape index (κ3) is 2.88. The molecule has 1 fully saturated rings. The predicted molar refractivity (Wildman–Crippen MR) is 80.5 cm³/mol. The van der Waals surface area contributed by atoms with Crippen molar-refractivity contribution in [3.8, 4) is 0 Å². The van der Waals surface area contributed by atoms with Crippen LogP contribution in [0.3, 0.4) is 0 Å². The Bertz CT molecular complexity index is 553. The van der Waals surface area contributed by atoms with Crippen molar-refractivity contribution in [1.29, 1.82) is 0 Å². The molecule has 1 aliphatic heterocycles. The van der Waals surface area contributed by atoms with Crippen molar-refractivity contribution in [3.63, 3.8) is 0 Å². The van der Waals surface area contributed by atoms with Gasteiger partial charge in [-0.25, -0.2) is 0 Å². The van der Waals surface area contributed by atoms with Crippen molar-refractivity contribution in [2.75, 3.05) is 13.1 Å². The third-order valence-electron chi connectivity index (χ3n) is 4.17. The van der Waals surface area contributed by atoms with Crippen LogP contribution in [0.15, 0.2) is 42.7 Å². The minimum absolute atomic E-state index is 0.577. The van der Waals surface area contributed by atoms with E-state index in [4.69, 9.17) is 0 Å². The van der Waals surface area contributed by atoms with Gasteiger partial charge in [0.25, 0.3) is 0 Å². The van der Waals surface area contributed by atoms with Gasteiger partial charge in [0.2, 0.25) is 0 Å². The summed E-state index contributed by atoms with van der Waals surface area (Å²) in [5, 5.41) is 0. The zero-order valence-electron chi connectivity index (χ0n) is 12.0. The van der Waals surface area contributed by atoms with Gasteiger partial charge in [0.15, 0.2) is 0 Å². The molecule has 0 N–H and O–H groups in total. The third-order valence-corrected chi connectivity index (χ3v) is 4.17. The van der Waals surface area contributed by atoms with Gasteiger partial charge < -0.3 is 0 Å². The molecule has 1 saturated heterocycles. The van der Waals surface area contributed by atoms with Crippen LogP contribution in [0.25, 0.3) is 0 Å². The smallest absolute Gasteiger partial charge is 0.0628 e. The Hall–Kier alpha value is -1.74. The molecule has 0 radical (unpaired) electrons. The number of hydrogen-bond acceptors (Lipinski definition) is 3. The molecule has 1 unspecified atom stereocenters. The van der Waals surface area contributed by atoms with Crippen LogP contribution < -0.4 is 0 Å². The maximum atomic E-state index is 4.45. The van der Waals surface area contributed by atoms with Gasteiger partial charge >= 0.3 is 0 Å². The molecule has 2 heterocycles. The minimum atomic E-state index is 0.577. The van der Waals surface area contributed by atoms with E-state index in [0.29, 0.717) is 6.04 Å². The predicted octanol–water partition coefficient (Wildman–Crippen LogP) is 3.16. The molecule has 0 spiro atoms. The van der Waals surface area contributed by atoms with E-state index in [1.165, 1.54) is 24.9 Å². The van der Waals surface area contributed by atoms with Gasteiger partial charge in [0.05, 0.1) is 11.4 Å². The number of benzene rings is 1. The molecule has 3 heteroatoms. The summed E-state index contributed by atoms with van der Waals surface area (Å²) in [5.41, 5.74) is 3.63. The zero-order chi connectivity index (χ0) is 13.8. The first-order valence-corrected chi connectivity index (χ1v) is 7.40. The molecule has 0 aliphatic carbocycles. The Kier molecular flexibility index (Phi) is 4.07. The van der Waals surface area contributed by atoms with Crippen molar-refractivity contribution in [2.45, 2.75) is 32.2 Å². The highest BCUT2D eigenvalue weighted by Gasteiger charge is 2.25. The molecule has 20 heavy (non-hydrogen) atoms. The Morgan fingerprint density at radius 3 is 2.75 bits per heavy atom. The van der Waals surface area contributed by atoms with Crippen molar-refractivity contribution in [2.24, 2.45) is 0 Å². The molecule has 0 saturated carbocycles. The molecular weight excluding hydrogens is 246 g/mol. The fraction of sp³-hybridized carbons (Fsp3) is 0.412. The highest BCUT2D eigenvalue weighted by molar-refractivity contribution is 5.20. The molecule has 104 valence electrons. The summed E-state index contributed by atoms with van der Waals surface area (Å²) in [5.74, 6) is 0. The molecule has 3 rings (SSSR count). The first-order valence-electron chi connectivity index (χ1n) is 7.40. The van der Waals surface area contributed by atoms with Gasteiger partial charge in [-0.05, 0) is 31.9 Å². The van der Waals surface area contributed by atoms with E-state index in [1.807, 2.05) is 6.92 Å². The second-order valence-corrected chi connectivity index (χ2v) is 5.44. The number of aromatic nitrogens is 2. The van der Waals surface area contributed by atoms with Crippen LogP contribution in [0.5, 0.6) is 0 Å². The average molecular weight is 267 g/mol. The normalized spacial score (nSPS) is 19.4. The summed E-state index contributed by atoms with van der Waals surface area (Å²) in [4.78, 5) is 11.4. The topological polar surface area (TPSA) is 29.0 Å². The molecule has 2 aromatic rings. The lowest BCUT2D eigenvalue weighted by molar-refractivity contribution is 0.259. The summed E-state index contributed by atoms with van der Waals surface area (Å²) in [6.45, 7) is 4.30. The van der Waals surface area contributed by atoms with Crippen LogP contribution in [0.4, 0.5) is 0 Å². The van der Waals surface area contributed by atoms with Gasteiger partial charge in [0.1, 0.15) is 0 Å². The van der Waals surface area contributed by atoms with Crippen LogP contribution in [-0.4, -0.2) is 28.0 Å². The average Bonchev–Trinajstić information content (AvgIpc) is 2.96. The van der Waals surface area contributed by atoms with E-state index in [0.717, 1.165) is 24.4 Å². The quantitative estimate of drug-likeness (QED) is 0.852. The van der Waals surface area contributed by atoms with E-state index in [9.17, 15) is 0 Å². The second kappa shape index (κ2) is 6.14. The van der Waals surface area contributed by atoms with E-state index in [-0.39, 0.29) is 0 Å². The van der Waals surface area contributed by atoms with Crippen LogP contribution in [0, 0.1) is 6.92 Å². The highest BCUT2D eigenvalue weighted by Crippen LogP contribution is 2.31. The van der Waals surface area contributed by atoms with Crippen LogP contribution in [-0.2, 0) is 6.42 Å². The number of rotatable bonds is 4. The monoisotopic (exact) mass is 267 g/mol. The van der Waals surface area contributed by atoms with E-state index < -0.39 is 0 Å². The van der Waals surface area contributed by atoms with Crippen LogP contribution in [0.2, 0.25) is 0 Å².